The van der Waals surface area contributed by atoms with E-state index in [0.717, 1.165) is 42.5 Å². The van der Waals surface area contributed by atoms with E-state index in [1.807, 2.05) is 60.5 Å². The summed E-state index contributed by atoms with van der Waals surface area (Å²) < 4.78 is 0. The van der Waals surface area contributed by atoms with Gasteiger partial charge in [-0.1, -0.05) is 67.8 Å². The summed E-state index contributed by atoms with van der Waals surface area (Å²) in [6, 6.07) is 17.7. The Hall–Kier alpha value is -1.88. The van der Waals surface area contributed by atoms with Gasteiger partial charge < -0.3 is 15.3 Å². The normalized spacial score (nSPS) is 19.8. The van der Waals surface area contributed by atoms with Crippen molar-refractivity contribution in [2.45, 2.75) is 49.7 Å². The molecule has 4 rings (SSSR count). The Bertz CT molecular complexity index is 805. The Morgan fingerprint density at radius 2 is 1.68 bits per heavy atom. The van der Waals surface area contributed by atoms with Gasteiger partial charge in [-0.15, -0.1) is 12.4 Å². The van der Waals surface area contributed by atoms with Crippen LogP contribution in [0.15, 0.2) is 54.6 Å². The molecule has 0 aromatic heterocycles. The van der Waals surface area contributed by atoms with Crippen molar-refractivity contribution < 1.29 is 9.90 Å². The van der Waals surface area contributed by atoms with Crippen LogP contribution in [0, 0.1) is 0 Å². The topological polar surface area (TPSA) is 52.6 Å². The summed E-state index contributed by atoms with van der Waals surface area (Å²) in [4.78, 5) is 15.7. The number of halogens is 1. The van der Waals surface area contributed by atoms with Crippen molar-refractivity contribution >= 4 is 24.0 Å². The molecule has 1 amide bonds. The number of benzene rings is 2. The van der Waals surface area contributed by atoms with E-state index >= 15 is 0 Å². The molecule has 0 saturated heterocycles. The average molecular weight is 401 g/mol. The number of aliphatic hydroxyl groups is 1. The van der Waals surface area contributed by atoms with Gasteiger partial charge in [-0.25, -0.2) is 0 Å². The van der Waals surface area contributed by atoms with Gasteiger partial charge in [0.1, 0.15) is 0 Å². The lowest BCUT2D eigenvalue weighted by Crippen LogP contribution is -2.47. The second kappa shape index (κ2) is 8.64. The maximum atomic E-state index is 13.9. The summed E-state index contributed by atoms with van der Waals surface area (Å²) in [5.74, 6) is 0.160. The Morgan fingerprint density at radius 1 is 1.04 bits per heavy atom. The zero-order chi connectivity index (χ0) is 18.9. The van der Waals surface area contributed by atoms with Crippen LogP contribution in [0.2, 0.25) is 0 Å². The minimum Gasteiger partial charge on any atom is -0.389 e. The van der Waals surface area contributed by atoms with Gasteiger partial charge in [0.25, 0.3) is 0 Å². The van der Waals surface area contributed by atoms with E-state index in [0.29, 0.717) is 6.54 Å². The largest absolute Gasteiger partial charge is 0.389 e. The monoisotopic (exact) mass is 400 g/mol. The fourth-order valence-electron chi connectivity index (χ4n) is 4.97. The Morgan fingerprint density at radius 3 is 2.36 bits per heavy atom. The average Bonchev–Trinajstić information content (AvgIpc) is 2.93. The number of para-hydroxylation sites is 1. The third kappa shape index (κ3) is 3.34. The quantitative estimate of drug-likeness (QED) is 0.798. The number of rotatable bonds is 5. The molecule has 1 fully saturated rings. The molecule has 2 N–H and O–H groups in total. The first-order valence-electron chi connectivity index (χ1n) is 10.00. The Kier molecular flexibility index (Phi) is 6.43. The molecule has 2 aliphatic rings. The molecule has 1 aliphatic heterocycles. The van der Waals surface area contributed by atoms with Gasteiger partial charge in [-0.3, -0.25) is 4.79 Å². The second-order valence-electron chi connectivity index (χ2n) is 7.82. The number of hydrogen-bond acceptors (Lipinski definition) is 3. The van der Waals surface area contributed by atoms with E-state index < -0.39 is 17.6 Å². The number of nitrogens with one attached hydrogen (secondary N) is 1. The minimum atomic E-state index is -0.687. The molecule has 28 heavy (non-hydrogen) atoms. The van der Waals surface area contributed by atoms with Gasteiger partial charge in [0, 0.05) is 12.2 Å². The van der Waals surface area contributed by atoms with Crippen LogP contribution >= 0.6 is 12.4 Å². The molecule has 2 atom stereocenters. The fraction of sp³-hybridized carbons (Fsp3) is 0.435. The molecule has 0 bridgehead atoms. The molecular weight excluding hydrogens is 372 g/mol. The Labute approximate surface area is 173 Å². The number of carbonyl (C=O) groups is 1. The van der Waals surface area contributed by atoms with Crippen LogP contribution in [0.1, 0.15) is 49.3 Å². The van der Waals surface area contributed by atoms with Gasteiger partial charge in [0.05, 0.1) is 17.6 Å². The number of hydrogen-bond donors (Lipinski definition) is 2. The first-order valence-corrected chi connectivity index (χ1v) is 10.00. The van der Waals surface area contributed by atoms with Crippen molar-refractivity contribution in [2.75, 3.05) is 18.5 Å². The third-order valence-corrected chi connectivity index (χ3v) is 6.21. The SMILES string of the molecule is CNC[C@@H](O)[C@H](c1ccccc1)N1C(=O)C2(CCCCC2)c2ccccc21.Cl. The number of likely N-dealkylation sites (N-methyl/N-ethyl adjacent to an activating group) is 1. The molecule has 0 unspecified atom stereocenters. The lowest BCUT2D eigenvalue weighted by atomic mass is 9.70. The standard InChI is InChI=1S/C23H28N2O2.ClH/c1-24-16-20(26)21(17-10-4-2-5-11-17)25-19-13-7-6-12-18(19)23(22(25)27)14-8-3-9-15-23;/h2,4-7,10-13,20-21,24,26H,3,8-9,14-16H2,1H3;1H/t20-,21+;/m1./s1. The third-order valence-electron chi connectivity index (χ3n) is 6.21. The van der Waals surface area contributed by atoms with Gasteiger partial charge in [-0.2, -0.15) is 0 Å². The van der Waals surface area contributed by atoms with Crippen LogP contribution in [0.3, 0.4) is 0 Å². The van der Waals surface area contributed by atoms with Crippen molar-refractivity contribution in [1.82, 2.24) is 5.32 Å². The number of carbonyl (C=O) groups excluding carboxylic acids is 1. The molecule has 0 radical (unpaired) electrons. The van der Waals surface area contributed by atoms with Crippen molar-refractivity contribution in [3.8, 4) is 0 Å². The van der Waals surface area contributed by atoms with Crippen molar-refractivity contribution in [3.63, 3.8) is 0 Å². The minimum absolute atomic E-state index is 0. The van der Waals surface area contributed by atoms with Gasteiger partial charge >= 0.3 is 0 Å². The maximum absolute atomic E-state index is 13.9. The summed E-state index contributed by atoms with van der Waals surface area (Å²) in [5, 5.41) is 14.1. The Balaban J connectivity index is 0.00000225. The summed E-state index contributed by atoms with van der Waals surface area (Å²) >= 11 is 0. The highest BCUT2D eigenvalue weighted by Crippen LogP contribution is 2.52. The lowest BCUT2D eigenvalue weighted by Gasteiger charge is -2.36. The number of nitrogens with zero attached hydrogens (tertiary/aromatic N) is 1. The molecule has 4 nitrogen and oxygen atoms in total. The molecule has 1 saturated carbocycles. The summed E-state index contributed by atoms with van der Waals surface area (Å²) in [7, 11) is 1.83. The number of amides is 1. The zero-order valence-corrected chi connectivity index (χ0v) is 17.1. The highest BCUT2D eigenvalue weighted by Gasteiger charge is 2.53. The number of aliphatic hydroxyl groups excluding tert-OH is 1. The van der Waals surface area contributed by atoms with Crippen molar-refractivity contribution in [1.29, 1.82) is 0 Å². The molecule has 1 aliphatic carbocycles. The van der Waals surface area contributed by atoms with E-state index in [1.165, 1.54) is 6.42 Å². The molecular formula is C23H29ClN2O2. The molecule has 1 heterocycles. The molecule has 5 heteroatoms. The first kappa shape index (κ1) is 20.8. The lowest BCUT2D eigenvalue weighted by molar-refractivity contribution is -0.125. The smallest absolute Gasteiger partial charge is 0.238 e. The summed E-state index contributed by atoms with van der Waals surface area (Å²) in [6.45, 7) is 0.429. The fourth-order valence-corrected chi connectivity index (χ4v) is 4.97. The number of anilines is 1. The van der Waals surface area contributed by atoms with Crippen molar-refractivity contribution in [3.05, 3.63) is 65.7 Å². The second-order valence-corrected chi connectivity index (χ2v) is 7.82. The van der Waals surface area contributed by atoms with Crippen LogP contribution in [-0.2, 0) is 10.2 Å². The van der Waals surface area contributed by atoms with Crippen LogP contribution in [0.25, 0.3) is 0 Å². The van der Waals surface area contributed by atoms with Gasteiger partial charge in [-0.05, 0) is 37.1 Å². The van der Waals surface area contributed by atoms with E-state index in [-0.39, 0.29) is 18.3 Å². The highest BCUT2D eigenvalue weighted by atomic mass is 35.5. The van der Waals surface area contributed by atoms with Gasteiger partial charge in [0.2, 0.25) is 5.91 Å². The zero-order valence-electron chi connectivity index (χ0n) is 16.3. The van der Waals surface area contributed by atoms with Crippen LogP contribution in [0.4, 0.5) is 5.69 Å². The van der Waals surface area contributed by atoms with E-state index in [9.17, 15) is 9.90 Å². The predicted octanol–water partition coefficient (Wildman–Crippen LogP) is 3.98. The molecule has 2 aromatic carbocycles. The van der Waals surface area contributed by atoms with E-state index in [4.69, 9.17) is 0 Å². The van der Waals surface area contributed by atoms with Crippen LogP contribution < -0.4 is 10.2 Å². The molecule has 150 valence electrons. The summed E-state index contributed by atoms with van der Waals surface area (Å²) in [5.41, 5.74) is 2.67. The molecule has 2 aromatic rings. The van der Waals surface area contributed by atoms with E-state index in [1.54, 1.807) is 0 Å². The maximum Gasteiger partial charge on any atom is 0.238 e. The predicted molar refractivity (Wildman–Crippen MR) is 115 cm³/mol. The van der Waals surface area contributed by atoms with Gasteiger partial charge in [0.15, 0.2) is 0 Å². The molecule has 1 spiro atoms. The van der Waals surface area contributed by atoms with Crippen molar-refractivity contribution in [2.24, 2.45) is 0 Å². The highest BCUT2D eigenvalue weighted by molar-refractivity contribution is 6.08. The van der Waals surface area contributed by atoms with Crippen LogP contribution in [-0.4, -0.2) is 30.7 Å². The van der Waals surface area contributed by atoms with E-state index in [2.05, 4.69) is 11.4 Å². The number of fused-ring (bicyclic) bond motifs is 2. The van der Waals surface area contributed by atoms with Crippen LogP contribution in [0.5, 0.6) is 0 Å². The summed E-state index contributed by atoms with van der Waals surface area (Å²) in [6.07, 6.45) is 4.49. The first-order chi connectivity index (χ1) is 13.2.